The van der Waals surface area contributed by atoms with E-state index < -0.39 is 17.8 Å². The molecule has 1 aliphatic heterocycles. The highest BCUT2D eigenvalue weighted by molar-refractivity contribution is 7.09. The van der Waals surface area contributed by atoms with Crippen molar-refractivity contribution in [3.05, 3.63) is 80.8 Å². The van der Waals surface area contributed by atoms with Gasteiger partial charge in [0.05, 0.1) is 23.2 Å². The van der Waals surface area contributed by atoms with Crippen LogP contribution in [0.1, 0.15) is 37.8 Å². The molecule has 0 unspecified atom stereocenters. The number of hydrogen-bond acceptors (Lipinski definition) is 7. The summed E-state index contributed by atoms with van der Waals surface area (Å²) in [5.74, 6) is -0.610. The first kappa shape index (κ1) is 21.0. The molecule has 0 spiro atoms. The zero-order chi connectivity index (χ0) is 21.8. The van der Waals surface area contributed by atoms with Crippen molar-refractivity contribution in [1.82, 2.24) is 9.88 Å². The second-order valence-corrected chi connectivity index (χ2v) is 8.07. The van der Waals surface area contributed by atoms with Crippen LogP contribution >= 0.6 is 22.9 Å². The van der Waals surface area contributed by atoms with Crippen LogP contribution in [0.2, 0.25) is 5.02 Å². The molecule has 0 radical (unpaired) electrons. The van der Waals surface area contributed by atoms with Crippen molar-refractivity contribution in [1.29, 1.82) is 0 Å². The van der Waals surface area contributed by atoms with Crippen molar-refractivity contribution in [3.8, 4) is 5.75 Å². The van der Waals surface area contributed by atoms with Crippen molar-refractivity contribution >= 4 is 40.7 Å². The molecule has 31 heavy (non-hydrogen) atoms. The van der Waals surface area contributed by atoms with E-state index in [9.17, 15) is 14.4 Å². The molecule has 9 heteroatoms. The molecular formula is C22H17ClN2O5S. The summed E-state index contributed by atoms with van der Waals surface area (Å²) in [7, 11) is 0. The first-order chi connectivity index (χ1) is 15.0. The minimum atomic E-state index is -0.511. The summed E-state index contributed by atoms with van der Waals surface area (Å²) in [5.41, 5.74) is 1.32. The molecule has 0 saturated heterocycles. The van der Waals surface area contributed by atoms with E-state index >= 15 is 0 Å². The van der Waals surface area contributed by atoms with Crippen LogP contribution in [0.15, 0.2) is 53.9 Å². The predicted octanol–water partition coefficient (Wildman–Crippen LogP) is 4.11. The molecule has 3 aromatic rings. The largest absolute Gasteiger partial charge is 0.486 e. The SMILES string of the molecule is O=C(CCN1C(=O)c2ccccc2C1=O)OCc1csc(COc2ccc(Cl)cc2)n1. The van der Waals surface area contributed by atoms with Gasteiger partial charge in [-0.25, -0.2) is 4.98 Å². The van der Waals surface area contributed by atoms with Gasteiger partial charge in [0.25, 0.3) is 11.8 Å². The fraction of sp³-hybridized carbons (Fsp3) is 0.182. The van der Waals surface area contributed by atoms with E-state index in [0.717, 1.165) is 9.91 Å². The van der Waals surface area contributed by atoms with Crippen LogP contribution in [-0.2, 0) is 22.7 Å². The van der Waals surface area contributed by atoms with Gasteiger partial charge in [-0.3, -0.25) is 19.3 Å². The summed E-state index contributed by atoms with van der Waals surface area (Å²) in [6, 6.07) is 13.6. The van der Waals surface area contributed by atoms with Crippen LogP contribution in [-0.4, -0.2) is 34.2 Å². The molecule has 1 aromatic heterocycles. The Morgan fingerprint density at radius 1 is 1.00 bits per heavy atom. The number of esters is 1. The molecule has 0 atom stereocenters. The number of aromatic nitrogens is 1. The zero-order valence-electron chi connectivity index (χ0n) is 16.2. The second kappa shape index (κ2) is 9.28. The minimum absolute atomic E-state index is 0.0123. The molecule has 2 amide bonds. The highest BCUT2D eigenvalue weighted by Crippen LogP contribution is 2.23. The van der Waals surface area contributed by atoms with Crippen LogP contribution in [0.5, 0.6) is 5.75 Å². The maximum atomic E-state index is 12.3. The van der Waals surface area contributed by atoms with Gasteiger partial charge >= 0.3 is 5.97 Å². The van der Waals surface area contributed by atoms with Crippen LogP contribution in [0.3, 0.4) is 0 Å². The number of imide groups is 1. The van der Waals surface area contributed by atoms with Gasteiger partial charge in [-0.1, -0.05) is 23.7 Å². The Morgan fingerprint density at radius 2 is 1.68 bits per heavy atom. The van der Waals surface area contributed by atoms with E-state index in [4.69, 9.17) is 21.1 Å². The summed E-state index contributed by atoms with van der Waals surface area (Å²) < 4.78 is 10.9. The molecular weight excluding hydrogens is 440 g/mol. The summed E-state index contributed by atoms with van der Waals surface area (Å²) in [5, 5.41) is 3.17. The summed E-state index contributed by atoms with van der Waals surface area (Å²) in [6.45, 7) is 0.279. The third kappa shape index (κ3) is 4.92. The number of rotatable bonds is 8. The lowest BCUT2D eigenvalue weighted by Crippen LogP contribution is -2.32. The van der Waals surface area contributed by atoms with Crippen molar-refractivity contribution in [2.45, 2.75) is 19.6 Å². The number of nitrogens with zero attached hydrogens (tertiary/aromatic N) is 2. The van der Waals surface area contributed by atoms with Crippen molar-refractivity contribution in [2.24, 2.45) is 0 Å². The summed E-state index contributed by atoms with van der Waals surface area (Å²) >= 11 is 7.24. The average molecular weight is 457 g/mol. The molecule has 158 valence electrons. The standard InChI is InChI=1S/C22H17ClN2O5S/c23-14-5-7-16(8-6-14)29-12-19-24-15(13-31-19)11-30-20(26)9-10-25-21(27)17-3-1-2-4-18(17)22(25)28/h1-8,13H,9-12H2. The monoisotopic (exact) mass is 456 g/mol. The highest BCUT2D eigenvalue weighted by Gasteiger charge is 2.35. The maximum absolute atomic E-state index is 12.3. The smallest absolute Gasteiger partial charge is 0.307 e. The van der Waals surface area contributed by atoms with Crippen LogP contribution < -0.4 is 4.74 Å². The number of fused-ring (bicyclic) bond motifs is 1. The van der Waals surface area contributed by atoms with E-state index in [1.807, 2.05) is 0 Å². The lowest BCUT2D eigenvalue weighted by molar-refractivity contribution is -0.145. The number of hydrogen-bond donors (Lipinski definition) is 0. The van der Waals surface area contributed by atoms with E-state index in [1.165, 1.54) is 11.3 Å². The number of halogens is 1. The quantitative estimate of drug-likeness (QED) is 0.374. The Bertz CT molecular complexity index is 1090. The topological polar surface area (TPSA) is 85.8 Å². The number of thiazole rings is 1. The van der Waals surface area contributed by atoms with E-state index in [0.29, 0.717) is 34.2 Å². The van der Waals surface area contributed by atoms with Crippen molar-refractivity contribution < 1.29 is 23.9 Å². The molecule has 1 aliphatic rings. The lowest BCUT2D eigenvalue weighted by atomic mass is 10.1. The maximum Gasteiger partial charge on any atom is 0.307 e. The zero-order valence-corrected chi connectivity index (χ0v) is 17.8. The fourth-order valence-corrected chi connectivity index (χ4v) is 3.85. The molecule has 0 fully saturated rings. The number of benzene rings is 2. The predicted molar refractivity (Wildman–Crippen MR) is 114 cm³/mol. The van der Waals surface area contributed by atoms with Crippen molar-refractivity contribution in [3.63, 3.8) is 0 Å². The summed E-state index contributed by atoms with van der Waals surface area (Å²) in [4.78, 5) is 42.1. The average Bonchev–Trinajstić information content (AvgIpc) is 3.33. The Hall–Kier alpha value is -3.23. The molecule has 4 rings (SSSR count). The Morgan fingerprint density at radius 3 is 2.35 bits per heavy atom. The van der Waals surface area contributed by atoms with Gasteiger partial charge in [0.1, 0.15) is 24.0 Å². The van der Waals surface area contributed by atoms with Gasteiger partial charge in [-0.15, -0.1) is 11.3 Å². The van der Waals surface area contributed by atoms with Gasteiger partial charge in [0, 0.05) is 16.9 Å². The van der Waals surface area contributed by atoms with Gasteiger partial charge in [0.15, 0.2) is 0 Å². The highest BCUT2D eigenvalue weighted by atomic mass is 35.5. The second-order valence-electron chi connectivity index (χ2n) is 6.69. The van der Waals surface area contributed by atoms with Gasteiger partial charge in [0.2, 0.25) is 0 Å². The number of carbonyl (C=O) groups excluding carboxylic acids is 3. The Kier molecular flexibility index (Phi) is 6.29. The molecule has 0 aliphatic carbocycles. The summed E-state index contributed by atoms with van der Waals surface area (Å²) in [6.07, 6.45) is -0.0812. The number of ether oxygens (including phenoxy) is 2. The van der Waals surface area contributed by atoms with Crippen molar-refractivity contribution in [2.75, 3.05) is 6.54 Å². The molecule has 7 nitrogen and oxygen atoms in total. The fourth-order valence-electron chi connectivity index (χ4n) is 3.03. The van der Waals surface area contributed by atoms with E-state index in [-0.39, 0.29) is 19.6 Å². The first-order valence-electron chi connectivity index (χ1n) is 9.44. The van der Waals surface area contributed by atoms with Crippen LogP contribution in [0.25, 0.3) is 0 Å². The molecule has 0 N–H and O–H groups in total. The lowest BCUT2D eigenvalue weighted by Gasteiger charge is -2.12. The minimum Gasteiger partial charge on any atom is -0.486 e. The Labute approximate surface area is 187 Å². The van der Waals surface area contributed by atoms with E-state index in [1.54, 1.807) is 53.9 Å². The van der Waals surface area contributed by atoms with Crippen LogP contribution in [0, 0.1) is 0 Å². The van der Waals surface area contributed by atoms with Gasteiger partial charge in [-0.2, -0.15) is 0 Å². The molecule has 0 bridgehead atoms. The molecule has 2 aromatic carbocycles. The first-order valence-corrected chi connectivity index (χ1v) is 10.7. The third-order valence-electron chi connectivity index (χ3n) is 4.57. The number of carbonyl (C=O) groups is 3. The Balaban J connectivity index is 1.22. The normalized spacial score (nSPS) is 12.7. The number of amides is 2. The van der Waals surface area contributed by atoms with Gasteiger partial charge < -0.3 is 9.47 Å². The molecule has 2 heterocycles. The van der Waals surface area contributed by atoms with Gasteiger partial charge in [-0.05, 0) is 36.4 Å². The third-order valence-corrected chi connectivity index (χ3v) is 5.70. The molecule has 0 saturated carbocycles. The van der Waals surface area contributed by atoms with E-state index in [2.05, 4.69) is 4.98 Å². The van der Waals surface area contributed by atoms with Crippen LogP contribution in [0.4, 0.5) is 0 Å².